The van der Waals surface area contributed by atoms with Gasteiger partial charge in [0, 0.05) is 11.8 Å². The average molecular weight is 407 g/mol. The Morgan fingerprint density at radius 1 is 1.32 bits per heavy atom. The number of nitrogens with zero attached hydrogens (tertiary/aromatic N) is 1. The molecule has 0 saturated carbocycles. The highest BCUT2D eigenvalue weighted by molar-refractivity contribution is 6.74. The van der Waals surface area contributed by atoms with Crippen LogP contribution < -0.4 is 5.32 Å². The van der Waals surface area contributed by atoms with Crippen molar-refractivity contribution in [1.82, 2.24) is 10.3 Å². The molecule has 0 spiro atoms. The van der Waals surface area contributed by atoms with Gasteiger partial charge in [-0.15, -0.1) is 0 Å². The fraction of sp³-hybridized carbons (Fsp3) is 0.706. The van der Waals surface area contributed by atoms with Crippen LogP contribution in [0, 0.1) is 0 Å². The van der Waals surface area contributed by atoms with Crippen molar-refractivity contribution in [2.45, 2.75) is 51.2 Å². The molecule has 1 aromatic heterocycles. The third kappa shape index (κ3) is 4.74. The quantitative estimate of drug-likeness (QED) is 0.547. The van der Waals surface area contributed by atoms with Gasteiger partial charge in [0.15, 0.2) is 14.6 Å². The lowest BCUT2D eigenvalue weighted by Crippen LogP contribution is -2.42. The van der Waals surface area contributed by atoms with E-state index in [4.69, 9.17) is 37.1 Å². The Bertz CT molecular complexity index is 602. The largest absolute Gasteiger partial charge is 0.415 e. The molecule has 1 aliphatic rings. The molecule has 0 aromatic carbocycles. The van der Waals surface area contributed by atoms with Gasteiger partial charge in [-0.3, -0.25) is 0 Å². The topological polar surface area (TPSA) is 52.6 Å². The molecule has 0 amide bonds. The van der Waals surface area contributed by atoms with E-state index < -0.39 is 14.6 Å². The van der Waals surface area contributed by atoms with Crippen molar-refractivity contribution in [3.8, 4) is 0 Å². The van der Waals surface area contributed by atoms with Crippen molar-refractivity contribution < 1.29 is 13.9 Å². The van der Waals surface area contributed by atoms with E-state index in [9.17, 15) is 0 Å². The van der Waals surface area contributed by atoms with Gasteiger partial charge in [0.25, 0.3) is 0 Å². The lowest BCUT2D eigenvalue weighted by Gasteiger charge is -2.37. The van der Waals surface area contributed by atoms with Gasteiger partial charge >= 0.3 is 0 Å². The number of likely N-dealkylation sites (N-methyl/N-ethyl adjacent to an activating group) is 1. The Balaban J connectivity index is 2.24. The Morgan fingerprint density at radius 2 is 1.92 bits per heavy atom. The van der Waals surface area contributed by atoms with Crippen LogP contribution in [0.1, 0.15) is 44.2 Å². The van der Waals surface area contributed by atoms with Crippen LogP contribution in [0.4, 0.5) is 0 Å². The summed E-state index contributed by atoms with van der Waals surface area (Å²) >= 11 is 12.9. The lowest BCUT2D eigenvalue weighted by molar-refractivity contribution is -0.0442. The van der Waals surface area contributed by atoms with Crippen LogP contribution in [0.25, 0.3) is 0 Å². The van der Waals surface area contributed by atoms with Gasteiger partial charge in [-0.25, -0.2) is 4.98 Å². The number of hydrogen-bond donors (Lipinski definition) is 1. The number of rotatable bonds is 6. The molecule has 1 saturated heterocycles. The van der Waals surface area contributed by atoms with Gasteiger partial charge in [-0.1, -0.05) is 44.0 Å². The maximum atomic E-state index is 6.64. The molecule has 8 heteroatoms. The van der Waals surface area contributed by atoms with E-state index in [1.54, 1.807) is 6.20 Å². The first kappa shape index (κ1) is 21.1. The number of ether oxygens (including phenoxy) is 2. The standard InChI is InChI=1S/C17H28Cl2N2O3Si/c1-17(2,3)25(5,6)24-10-12(20-4)11-9-21-15(19)13(14(11)18)16-22-7-8-23-16/h9,12,16,20H,7-8,10H2,1-6H3/t12-/m1/s1. The van der Waals surface area contributed by atoms with Gasteiger partial charge in [-0.05, 0) is 25.2 Å². The highest BCUT2D eigenvalue weighted by atomic mass is 35.5. The summed E-state index contributed by atoms with van der Waals surface area (Å²) in [5.41, 5.74) is 1.42. The van der Waals surface area contributed by atoms with Crippen LogP contribution in [0.3, 0.4) is 0 Å². The fourth-order valence-corrected chi connectivity index (χ4v) is 3.96. The summed E-state index contributed by atoms with van der Waals surface area (Å²) < 4.78 is 17.5. The minimum atomic E-state index is -1.86. The smallest absolute Gasteiger partial charge is 0.192 e. The van der Waals surface area contributed by atoms with Crippen molar-refractivity contribution in [3.05, 3.63) is 27.5 Å². The molecule has 0 bridgehead atoms. The van der Waals surface area contributed by atoms with Crippen LogP contribution in [0.15, 0.2) is 6.20 Å². The van der Waals surface area contributed by atoms with Crippen LogP contribution in [0.2, 0.25) is 28.3 Å². The monoisotopic (exact) mass is 406 g/mol. The molecule has 0 radical (unpaired) electrons. The van der Waals surface area contributed by atoms with Crippen LogP contribution in [-0.4, -0.2) is 40.2 Å². The second kappa shape index (κ2) is 8.21. The lowest BCUT2D eigenvalue weighted by atomic mass is 10.1. The highest BCUT2D eigenvalue weighted by Gasteiger charge is 2.38. The third-order valence-corrected chi connectivity index (χ3v) is 10.3. The van der Waals surface area contributed by atoms with E-state index in [1.807, 2.05) is 7.05 Å². The van der Waals surface area contributed by atoms with Crippen molar-refractivity contribution in [2.75, 3.05) is 26.9 Å². The molecular weight excluding hydrogens is 379 g/mol. The molecule has 1 fully saturated rings. The number of hydrogen-bond acceptors (Lipinski definition) is 5. The minimum absolute atomic E-state index is 0.0912. The zero-order valence-electron chi connectivity index (χ0n) is 15.8. The second-order valence-corrected chi connectivity index (χ2v) is 13.3. The first-order valence-corrected chi connectivity index (χ1v) is 12.1. The van der Waals surface area contributed by atoms with Gasteiger partial charge in [0.05, 0.1) is 36.4 Å². The van der Waals surface area contributed by atoms with Crippen molar-refractivity contribution in [2.24, 2.45) is 0 Å². The average Bonchev–Trinajstić information content (AvgIpc) is 3.02. The molecule has 1 atom stereocenters. The van der Waals surface area contributed by atoms with E-state index >= 15 is 0 Å². The van der Waals surface area contributed by atoms with Crippen LogP contribution in [-0.2, 0) is 13.9 Å². The fourth-order valence-electron chi connectivity index (χ4n) is 2.30. The zero-order chi connectivity index (χ0) is 18.8. The van der Waals surface area contributed by atoms with Crippen molar-refractivity contribution >= 4 is 31.5 Å². The van der Waals surface area contributed by atoms with Gasteiger partial charge in [0.1, 0.15) is 5.15 Å². The summed E-state index contributed by atoms with van der Waals surface area (Å²) in [5.74, 6) is 0. The van der Waals surface area contributed by atoms with Gasteiger partial charge in [-0.2, -0.15) is 0 Å². The summed E-state index contributed by atoms with van der Waals surface area (Å²) in [5, 5.41) is 4.24. The molecule has 1 N–H and O–H groups in total. The van der Waals surface area contributed by atoms with Crippen molar-refractivity contribution in [1.29, 1.82) is 0 Å². The predicted octanol–water partition coefficient (Wildman–Crippen LogP) is 4.72. The molecule has 0 unspecified atom stereocenters. The van der Waals surface area contributed by atoms with Gasteiger partial charge in [0.2, 0.25) is 0 Å². The van der Waals surface area contributed by atoms with E-state index in [1.165, 1.54) is 0 Å². The summed E-state index contributed by atoms with van der Waals surface area (Å²) in [6.07, 6.45) is 1.13. The molecule has 5 nitrogen and oxygen atoms in total. The third-order valence-electron chi connectivity index (χ3n) is 5.03. The first-order chi connectivity index (χ1) is 11.6. The SMILES string of the molecule is CN[C@H](CO[Si](C)(C)C(C)(C)C)c1cnc(Cl)c(C2OCCO2)c1Cl. The Labute approximate surface area is 161 Å². The molecule has 2 rings (SSSR count). The minimum Gasteiger partial charge on any atom is -0.415 e. The summed E-state index contributed by atoms with van der Waals surface area (Å²) in [6.45, 7) is 12.7. The van der Waals surface area contributed by atoms with Gasteiger partial charge < -0.3 is 19.2 Å². The molecule has 25 heavy (non-hydrogen) atoms. The van der Waals surface area contributed by atoms with E-state index in [0.29, 0.717) is 35.6 Å². The molecule has 1 aliphatic heterocycles. The maximum absolute atomic E-state index is 6.64. The maximum Gasteiger partial charge on any atom is 0.192 e. The molecule has 1 aromatic rings. The molecule has 2 heterocycles. The number of nitrogens with one attached hydrogen (secondary N) is 1. The number of halogens is 2. The molecular formula is C17H28Cl2N2O3Si. The normalized spacial score (nSPS) is 17.9. The number of pyridine rings is 1. The molecule has 0 aliphatic carbocycles. The van der Waals surface area contributed by atoms with E-state index in [0.717, 1.165) is 5.56 Å². The van der Waals surface area contributed by atoms with E-state index in [2.05, 4.69) is 44.2 Å². The Morgan fingerprint density at radius 3 is 2.44 bits per heavy atom. The van der Waals surface area contributed by atoms with Crippen molar-refractivity contribution in [3.63, 3.8) is 0 Å². The van der Waals surface area contributed by atoms with Crippen LogP contribution >= 0.6 is 23.2 Å². The van der Waals surface area contributed by atoms with Crippen LogP contribution in [0.5, 0.6) is 0 Å². The molecule has 142 valence electrons. The summed E-state index contributed by atoms with van der Waals surface area (Å²) in [7, 11) is 0.0186. The Hall–Kier alpha value is -0.213. The predicted molar refractivity (Wildman–Crippen MR) is 104 cm³/mol. The first-order valence-electron chi connectivity index (χ1n) is 8.46. The van der Waals surface area contributed by atoms with E-state index in [-0.39, 0.29) is 11.1 Å². The Kier molecular flexibility index (Phi) is 6.93. The second-order valence-electron chi connectivity index (χ2n) is 7.72. The highest BCUT2D eigenvalue weighted by Crippen LogP contribution is 2.40. The summed E-state index contributed by atoms with van der Waals surface area (Å²) in [6, 6.07) is -0.0912. The zero-order valence-corrected chi connectivity index (χ0v) is 18.3. The summed E-state index contributed by atoms with van der Waals surface area (Å²) in [4.78, 5) is 4.28. The number of aromatic nitrogens is 1.